The minimum absolute atomic E-state index is 0.0409. The van der Waals surface area contributed by atoms with Gasteiger partial charge in [-0.2, -0.15) is 0 Å². The number of rotatable bonds is 2. The van der Waals surface area contributed by atoms with Gasteiger partial charge in [0.2, 0.25) is 0 Å². The average Bonchev–Trinajstić information content (AvgIpc) is 2.84. The van der Waals surface area contributed by atoms with Crippen molar-refractivity contribution in [3.05, 3.63) is 88.5 Å². The maximum Gasteiger partial charge on any atom is 0.0718 e. The molecule has 0 amide bonds. The molecular weight excluding hydrogens is 362 g/mol. The first-order valence-corrected chi connectivity index (χ1v) is 11.9. The second-order valence-electron chi connectivity index (χ2n) is 9.39. The zero-order chi connectivity index (χ0) is 20.0. The molecule has 1 saturated heterocycles. The molecule has 30 heavy (non-hydrogen) atoms. The van der Waals surface area contributed by atoms with Crippen LogP contribution in [0.5, 0.6) is 0 Å². The molecule has 1 atom stereocenters. The molecule has 1 heterocycles. The Bertz CT molecular complexity index is 1100. The minimum Gasteiger partial charge on any atom is -0.290 e. The Balaban J connectivity index is 1.60. The SMILES string of the molecule is C1=Cc2ccc3c4c(ccc3c2CC1)C(c1ccccc1)(N1CCCCC1)CCC4. The number of likely N-dealkylation sites (tertiary alicyclic amines) is 1. The normalized spacial score (nSPS) is 23.9. The van der Waals surface area contributed by atoms with E-state index in [1.807, 2.05) is 0 Å². The molecule has 0 aromatic heterocycles. The summed E-state index contributed by atoms with van der Waals surface area (Å²) < 4.78 is 0. The van der Waals surface area contributed by atoms with E-state index < -0.39 is 0 Å². The van der Waals surface area contributed by atoms with Gasteiger partial charge in [0.1, 0.15) is 0 Å². The van der Waals surface area contributed by atoms with Crippen molar-refractivity contribution in [2.24, 2.45) is 0 Å². The van der Waals surface area contributed by atoms with E-state index in [0.717, 1.165) is 0 Å². The quantitative estimate of drug-likeness (QED) is 0.459. The minimum atomic E-state index is 0.0409. The Morgan fingerprint density at radius 1 is 0.700 bits per heavy atom. The third-order valence-electron chi connectivity index (χ3n) is 7.88. The van der Waals surface area contributed by atoms with Gasteiger partial charge in [-0.25, -0.2) is 0 Å². The first-order valence-electron chi connectivity index (χ1n) is 11.9. The molecule has 3 aromatic carbocycles. The third-order valence-corrected chi connectivity index (χ3v) is 7.88. The number of allylic oxidation sites excluding steroid dienone is 1. The molecule has 0 radical (unpaired) electrons. The summed E-state index contributed by atoms with van der Waals surface area (Å²) in [5.74, 6) is 0. The summed E-state index contributed by atoms with van der Waals surface area (Å²) in [6, 6.07) is 21.1. The van der Waals surface area contributed by atoms with E-state index in [-0.39, 0.29) is 5.54 Å². The van der Waals surface area contributed by atoms with Crippen LogP contribution < -0.4 is 0 Å². The first kappa shape index (κ1) is 18.4. The first-order chi connectivity index (χ1) is 14.9. The fourth-order valence-corrected chi connectivity index (χ4v) is 6.53. The molecule has 1 unspecified atom stereocenters. The van der Waals surface area contributed by atoms with E-state index in [9.17, 15) is 0 Å². The number of nitrogens with zero attached hydrogens (tertiary/aromatic N) is 1. The second-order valence-corrected chi connectivity index (χ2v) is 9.39. The van der Waals surface area contributed by atoms with Crippen LogP contribution in [0.1, 0.15) is 66.3 Å². The summed E-state index contributed by atoms with van der Waals surface area (Å²) in [7, 11) is 0. The van der Waals surface area contributed by atoms with Crippen LogP contribution in [0.2, 0.25) is 0 Å². The van der Waals surface area contributed by atoms with Crippen LogP contribution in [0, 0.1) is 0 Å². The molecular formula is C29H31N. The molecule has 6 rings (SSSR count). The standard InChI is InChI=1S/C29H31N/c1-3-11-23(12-4-1)29(30-20-7-2-8-21-30)19-9-14-27-26-16-15-22-10-5-6-13-24(22)25(26)17-18-28(27)29/h1,3-5,10-12,15-18H,2,6-9,13-14,19-21H2. The number of benzene rings is 3. The van der Waals surface area contributed by atoms with Crippen molar-refractivity contribution in [1.82, 2.24) is 4.90 Å². The summed E-state index contributed by atoms with van der Waals surface area (Å²) >= 11 is 0. The molecule has 0 N–H and O–H groups in total. The maximum absolute atomic E-state index is 2.83. The number of hydrogen-bond donors (Lipinski definition) is 0. The highest BCUT2D eigenvalue weighted by Crippen LogP contribution is 2.48. The number of fused-ring (bicyclic) bond motifs is 5. The van der Waals surface area contributed by atoms with Crippen LogP contribution >= 0.6 is 0 Å². The summed E-state index contributed by atoms with van der Waals surface area (Å²) in [5.41, 5.74) is 7.72. The highest BCUT2D eigenvalue weighted by molar-refractivity contribution is 5.93. The zero-order valence-electron chi connectivity index (χ0n) is 17.9. The van der Waals surface area contributed by atoms with Gasteiger partial charge < -0.3 is 0 Å². The Kier molecular flexibility index (Phi) is 4.53. The number of hydrogen-bond acceptors (Lipinski definition) is 1. The lowest BCUT2D eigenvalue weighted by Gasteiger charge is -2.50. The van der Waals surface area contributed by atoms with Crippen molar-refractivity contribution in [1.29, 1.82) is 0 Å². The Morgan fingerprint density at radius 3 is 2.37 bits per heavy atom. The molecule has 152 valence electrons. The van der Waals surface area contributed by atoms with Gasteiger partial charge in [0.25, 0.3) is 0 Å². The van der Waals surface area contributed by atoms with Gasteiger partial charge >= 0.3 is 0 Å². The van der Waals surface area contributed by atoms with Crippen LogP contribution in [0.15, 0.2) is 60.7 Å². The van der Waals surface area contributed by atoms with Crippen molar-refractivity contribution in [2.75, 3.05) is 13.1 Å². The number of aryl methyl sites for hydroxylation is 2. The van der Waals surface area contributed by atoms with Crippen molar-refractivity contribution in [2.45, 2.75) is 56.9 Å². The third kappa shape index (κ3) is 2.72. The largest absolute Gasteiger partial charge is 0.290 e. The Labute approximate surface area is 180 Å². The summed E-state index contributed by atoms with van der Waals surface area (Å²) in [6.07, 6.45) is 14.8. The van der Waals surface area contributed by atoms with Crippen molar-refractivity contribution < 1.29 is 0 Å². The fraction of sp³-hybridized carbons (Fsp3) is 0.379. The summed E-state index contributed by atoms with van der Waals surface area (Å²) in [5, 5.41) is 3.01. The van der Waals surface area contributed by atoms with Crippen LogP contribution in [-0.4, -0.2) is 18.0 Å². The van der Waals surface area contributed by atoms with Crippen molar-refractivity contribution >= 4 is 16.8 Å². The lowest BCUT2D eigenvalue weighted by atomic mass is 9.69. The molecule has 1 aliphatic heterocycles. The molecule has 2 aliphatic carbocycles. The molecule has 0 bridgehead atoms. The van der Waals surface area contributed by atoms with Gasteiger partial charge in [-0.1, -0.05) is 73.2 Å². The molecule has 3 aliphatic rings. The van der Waals surface area contributed by atoms with Gasteiger partial charge in [-0.15, -0.1) is 0 Å². The molecule has 1 fully saturated rings. The van der Waals surface area contributed by atoms with Crippen molar-refractivity contribution in [3.8, 4) is 0 Å². The van der Waals surface area contributed by atoms with E-state index in [4.69, 9.17) is 0 Å². The second kappa shape index (κ2) is 7.39. The van der Waals surface area contributed by atoms with E-state index in [0.29, 0.717) is 0 Å². The lowest BCUT2D eigenvalue weighted by molar-refractivity contribution is 0.0813. The van der Waals surface area contributed by atoms with E-state index in [1.165, 1.54) is 86.4 Å². The maximum atomic E-state index is 2.83. The molecule has 1 heteroatoms. The van der Waals surface area contributed by atoms with E-state index in [2.05, 4.69) is 71.6 Å². The van der Waals surface area contributed by atoms with Crippen LogP contribution in [0.3, 0.4) is 0 Å². The average molecular weight is 394 g/mol. The monoisotopic (exact) mass is 393 g/mol. The number of piperidine rings is 1. The lowest BCUT2D eigenvalue weighted by Crippen LogP contribution is -2.51. The predicted molar refractivity (Wildman–Crippen MR) is 127 cm³/mol. The van der Waals surface area contributed by atoms with E-state index >= 15 is 0 Å². The van der Waals surface area contributed by atoms with Crippen molar-refractivity contribution in [3.63, 3.8) is 0 Å². The highest BCUT2D eigenvalue weighted by atomic mass is 15.2. The summed E-state index contributed by atoms with van der Waals surface area (Å²) in [4.78, 5) is 2.83. The Hall–Kier alpha value is -2.38. The van der Waals surface area contributed by atoms with Crippen LogP contribution in [0.25, 0.3) is 16.8 Å². The Morgan fingerprint density at radius 2 is 1.50 bits per heavy atom. The van der Waals surface area contributed by atoms with Crippen LogP contribution in [-0.2, 0) is 18.4 Å². The fourth-order valence-electron chi connectivity index (χ4n) is 6.53. The van der Waals surface area contributed by atoms with Gasteiger partial charge in [0, 0.05) is 0 Å². The zero-order valence-corrected chi connectivity index (χ0v) is 17.9. The van der Waals surface area contributed by atoms with Gasteiger partial charge in [0.05, 0.1) is 5.54 Å². The van der Waals surface area contributed by atoms with Gasteiger partial charge in [-0.05, 0) is 96.6 Å². The predicted octanol–water partition coefficient (Wildman–Crippen LogP) is 6.87. The topological polar surface area (TPSA) is 3.24 Å². The van der Waals surface area contributed by atoms with Gasteiger partial charge in [0.15, 0.2) is 0 Å². The molecule has 0 saturated carbocycles. The van der Waals surface area contributed by atoms with E-state index in [1.54, 1.807) is 16.7 Å². The molecule has 1 nitrogen and oxygen atoms in total. The summed E-state index contributed by atoms with van der Waals surface area (Å²) in [6.45, 7) is 2.45. The highest BCUT2D eigenvalue weighted by Gasteiger charge is 2.43. The van der Waals surface area contributed by atoms with Crippen LogP contribution in [0.4, 0.5) is 0 Å². The molecule has 3 aromatic rings. The molecule has 0 spiro atoms. The van der Waals surface area contributed by atoms with Gasteiger partial charge in [-0.3, -0.25) is 4.90 Å². The smallest absolute Gasteiger partial charge is 0.0718 e.